The number of rotatable bonds is 6. The SMILES string of the molecule is CC[C@H](N)[C@]1(C2CCOCC2)CC[C@H](Oc2cc3ccnc(OC)c3cc2Cl)CC1. The number of hydrogen-bond donors (Lipinski definition) is 1. The van der Waals surface area contributed by atoms with Gasteiger partial charge in [0.2, 0.25) is 5.88 Å². The molecule has 4 rings (SSSR count). The number of halogens is 1. The highest BCUT2D eigenvalue weighted by molar-refractivity contribution is 6.33. The number of methoxy groups -OCH3 is 1. The van der Waals surface area contributed by atoms with Crippen molar-refractivity contribution in [3.8, 4) is 11.6 Å². The zero-order valence-corrected chi connectivity index (χ0v) is 18.8. The van der Waals surface area contributed by atoms with Crippen molar-refractivity contribution in [2.24, 2.45) is 17.1 Å². The summed E-state index contributed by atoms with van der Waals surface area (Å²) in [7, 11) is 1.62. The van der Waals surface area contributed by atoms with Crippen LogP contribution in [0.1, 0.15) is 51.9 Å². The van der Waals surface area contributed by atoms with E-state index < -0.39 is 0 Å². The van der Waals surface area contributed by atoms with Gasteiger partial charge in [-0.3, -0.25) is 0 Å². The summed E-state index contributed by atoms with van der Waals surface area (Å²) in [5.41, 5.74) is 6.92. The molecule has 0 unspecified atom stereocenters. The van der Waals surface area contributed by atoms with Gasteiger partial charge in [-0.1, -0.05) is 18.5 Å². The zero-order valence-electron chi connectivity index (χ0n) is 18.0. The highest BCUT2D eigenvalue weighted by Gasteiger charge is 2.46. The standard InChI is InChI=1S/C24H33ClN2O3/c1-3-22(26)24(17-7-12-29-13-8-17)9-4-18(5-10-24)30-21-14-16-6-11-27-23(28-2)19(16)15-20(21)25/h6,11,14-15,17-18,22H,3-5,7-10,12-13,26H2,1-2H3/t18-,22-,24+/m0/s1. The van der Waals surface area contributed by atoms with E-state index in [1.165, 1.54) is 0 Å². The summed E-state index contributed by atoms with van der Waals surface area (Å²) in [6, 6.07) is 6.09. The van der Waals surface area contributed by atoms with Gasteiger partial charge < -0.3 is 19.9 Å². The lowest BCUT2D eigenvalue weighted by molar-refractivity contribution is -0.0398. The number of benzene rings is 1. The summed E-state index contributed by atoms with van der Waals surface area (Å²) in [4.78, 5) is 4.25. The van der Waals surface area contributed by atoms with E-state index in [0.717, 1.165) is 74.7 Å². The number of nitrogens with two attached hydrogens (primary N) is 1. The van der Waals surface area contributed by atoms with E-state index >= 15 is 0 Å². The summed E-state index contributed by atoms with van der Waals surface area (Å²) in [5.74, 6) is 1.97. The smallest absolute Gasteiger partial charge is 0.221 e. The fraction of sp³-hybridized carbons (Fsp3) is 0.625. The average Bonchev–Trinajstić information content (AvgIpc) is 2.80. The van der Waals surface area contributed by atoms with Gasteiger partial charge in [-0.25, -0.2) is 4.98 Å². The third kappa shape index (κ3) is 4.12. The molecule has 2 aromatic rings. The molecule has 2 fully saturated rings. The Morgan fingerprint density at radius 2 is 1.97 bits per heavy atom. The van der Waals surface area contributed by atoms with Gasteiger partial charge in [0.25, 0.3) is 0 Å². The Kier molecular flexibility index (Phi) is 6.71. The molecule has 0 bridgehead atoms. The van der Waals surface area contributed by atoms with Gasteiger partial charge in [0.15, 0.2) is 0 Å². The van der Waals surface area contributed by atoms with Gasteiger partial charge in [0, 0.05) is 30.8 Å². The van der Waals surface area contributed by atoms with E-state index in [9.17, 15) is 0 Å². The topological polar surface area (TPSA) is 66.6 Å². The fourth-order valence-electron chi connectivity index (χ4n) is 5.59. The molecule has 6 heteroatoms. The second-order valence-corrected chi connectivity index (χ2v) is 9.18. The van der Waals surface area contributed by atoms with Gasteiger partial charge in [-0.15, -0.1) is 0 Å². The second-order valence-electron chi connectivity index (χ2n) is 8.78. The van der Waals surface area contributed by atoms with Gasteiger partial charge >= 0.3 is 0 Å². The van der Waals surface area contributed by atoms with Gasteiger partial charge in [0.1, 0.15) is 5.75 Å². The third-order valence-corrected chi connectivity index (χ3v) is 7.64. The zero-order chi connectivity index (χ0) is 21.1. The van der Waals surface area contributed by atoms with E-state index in [0.29, 0.717) is 16.8 Å². The molecule has 1 saturated heterocycles. The number of pyridine rings is 1. The summed E-state index contributed by atoms with van der Waals surface area (Å²) >= 11 is 6.56. The first-order chi connectivity index (χ1) is 14.6. The first kappa shape index (κ1) is 21.7. The lowest BCUT2D eigenvalue weighted by Gasteiger charge is -2.50. The van der Waals surface area contributed by atoms with Crippen molar-refractivity contribution in [2.75, 3.05) is 20.3 Å². The van der Waals surface area contributed by atoms with Crippen LogP contribution in [-0.4, -0.2) is 37.5 Å². The van der Waals surface area contributed by atoms with Crippen molar-refractivity contribution in [1.29, 1.82) is 0 Å². The lowest BCUT2D eigenvalue weighted by atomic mass is 9.59. The highest BCUT2D eigenvalue weighted by Crippen LogP contribution is 2.50. The van der Waals surface area contributed by atoms with Crippen LogP contribution in [0, 0.1) is 11.3 Å². The van der Waals surface area contributed by atoms with Crippen molar-refractivity contribution in [1.82, 2.24) is 4.98 Å². The molecule has 2 aliphatic rings. The van der Waals surface area contributed by atoms with E-state index in [2.05, 4.69) is 11.9 Å². The molecule has 0 radical (unpaired) electrons. The van der Waals surface area contributed by atoms with Crippen molar-refractivity contribution < 1.29 is 14.2 Å². The minimum absolute atomic E-state index is 0.167. The molecule has 1 aromatic carbocycles. The summed E-state index contributed by atoms with van der Waals surface area (Å²) in [5, 5.41) is 2.51. The largest absolute Gasteiger partial charge is 0.489 e. The Bertz CT molecular complexity index is 861. The van der Waals surface area contributed by atoms with Gasteiger partial charge in [-0.2, -0.15) is 0 Å². The Morgan fingerprint density at radius 3 is 2.63 bits per heavy atom. The number of hydrogen-bond acceptors (Lipinski definition) is 5. The van der Waals surface area contributed by atoms with Crippen molar-refractivity contribution in [2.45, 2.75) is 64.0 Å². The molecule has 5 nitrogen and oxygen atoms in total. The molecule has 0 spiro atoms. The summed E-state index contributed by atoms with van der Waals surface area (Å²) < 4.78 is 17.4. The molecular weight excluding hydrogens is 400 g/mol. The Labute approximate surface area is 184 Å². The van der Waals surface area contributed by atoms with E-state index in [4.69, 9.17) is 31.5 Å². The molecule has 2 heterocycles. The molecular formula is C24H33ClN2O3. The number of ether oxygens (including phenoxy) is 3. The first-order valence-corrected chi connectivity index (χ1v) is 11.6. The molecule has 164 valence electrons. The third-order valence-electron chi connectivity index (χ3n) is 7.34. The van der Waals surface area contributed by atoms with Crippen molar-refractivity contribution in [3.05, 3.63) is 29.4 Å². The Hall–Kier alpha value is -1.56. The molecule has 2 N–H and O–H groups in total. The van der Waals surface area contributed by atoms with Gasteiger partial charge in [-0.05, 0) is 79.9 Å². The van der Waals surface area contributed by atoms with E-state index in [1.54, 1.807) is 13.3 Å². The second kappa shape index (κ2) is 9.29. The molecule has 1 aliphatic heterocycles. The fourth-order valence-corrected chi connectivity index (χ4v) is 5.80. The Morgan fingerprint density at radius 1 is 1.23 bits per heavy atom. The van der Waals surface area contributed by atoms with E-state index in [-0.39, 0.29) is 17.6 Å². The average molecular weight is 433 g/mol. The monoisotopic (exact) mass is 432 g/mol. The lowest BCUT2D eigenvalue weighted by Crippen LogP contribution is -2.51. The number of aromatic nitrogens is 1. The van der Waals surface area contributed by atoms with Crippen LogP contribution in [0.25, 0.3) is 10.8 Å². The minimum Gasteiger partial charge on any atom is -0.489 e. The van der Waals surface area contributed by atoms with Crippen molar-refractivity contribution >= 4 is 22.4 Å². The quantitative estimate of drug-likeness (QED) is 0.664. The van der Waals surface area contributed by atoms with Gasteiger partial charge in [0.05, 0.1) is 18.2 Å². The summed E-state index contributed by atoms with van der Waals surface area (Å²) in [6.45, 7) is 3.95. The van der Waals surface area contributed by atoms with Crippen LogP contribution in [0.4, 0.5) is 0 Å². The maximum absolute atomic E-state index is 6.70. The van der Waals surface area contributed by atoms with Crippen LogP contribution in [-0.2, 0) is 4.74 Å². The molecule has 0 amide bonds. The molecule has 1 aliphatic carbocycles. The van der Waals surface area contributed by atoms with Crippen LogP contribution in [0.2, 0.25) is 5.02 Å². The highest BCUT2D eigenvalue weighted by atomic mass is 35.5. The normalized spacial score (nSPS) is 26.5. The summed E-state index contributed by atoms with van der Waals surface area (Å²) in [6.07, 6.45) is 9.44. The van der Waals surface area contributed by atoms with Crippen LogP contribution in [0.5, 0.6) is 11.6 Å². The van der Waals surface area contributed by atoms with Crippen LogP contribution >= 0.6 is 11.6 Å². The predicted molar refractivity (Wildman–Crippen MR) is 120 cm³/mol. The number of nitrogens with zero attached hydrogens (tertiary/aromatic N) is 1. The van der Waals surface area contributed by atoms with Crippen molar-refractivity contribution in [3.63, 3.8) is 0 Å². The first-order valence-electron chi connectivity index (χ1n) is 11.2. The predicted octanol–water partition coefficient (Wildman–Crippen LogP) is 5.37. The molecule has 1 saturated carbocycles. The Balaban J connectivity index is 1.49. The van der Waals surface area contributed by atoms with Crippen LogP contribution in [0.15, 0.2) is 24.4 Å². The molecule has 1 atom stereocenters. The van der Waals surface area contributed by atoms with Crippen LogP contribution < -0.4 is 15.2 Å². The van der Waals surface area contributed by atoms with E-state index in [1.807, 2.05) is 18.2 Å². The maximum atomic E-state index is 6.70. The minimum atomic E-state index is 0.167. The molecule has 30 heavy (non-hydrogen) atoms. The maximum Gasteiger partial charge on any atom is 0.221 e. The molecule has 1 aromatic heterocycles. The number of fused-ring (bicyclic) bond motifs is 1. The van der Waals surface area contributed by atoms with Crippen LogP contribution in [0.3, 0.4) is 0 Å².